The number of thiophene rings is 1. The summed E-state index contributed by atoms with van der Waals surface area (Å²) in [6.07, 6.45) is 0.315. The SMILES string of the molecule is Cc1c(F)cccc1C(=O)N1CCc2c(sc(NC(=O)c3ccccc3Cl)c2C(=O)O)C1. The molecule has 6 nitrogen and oxygen atoms in total. The maximum atomic E-state index is 13.9. The van der Waals surface area contributed by atoms with Crippen molar-refractivity contribution in [3.63, 3.8) is 0 Å². The van der Waals surface area contributed by atoms with Crippen molar-refractivity contribution in [2.45, 2.75) is 19.9 Å². The molecule has 0 spiro atoms. The van der Waals surface area contributed by atoms with Crippen LogP contribution in [-0.2, 0) is 13.0 Å². The Hall–Kier alpha value is -3.23. The van der Waals surface area contributed by atoms with Gasteiger partial charge in [-0.05, 0) is 48.7 Å². The zero-order valence-electron chi connectivity index (χ0n) is 16.9. The Morgan fingerprint density at radius 2 is 1.84 bits per heavy atom. The molecule has 1 aliphatic heterocycles. The quantitative estimate of drug-likeness (QED) is 0.559. The lowest BCUT2D eigenvalue weighted by Gasteiger charge is -2.27. The summed E-state index contributed by atoms with van der Waals surface area (Å²) in [5.41, 5.74) is 1.40. The summed E-state index contributed by atoms with van der Waals surface area (Å²) in [5.74, 6) is -2.44. The number of anilines is 1. The number of rotatable bonds is 4. The van der Waals surface area contributed by atoms with Crippen LogP contribution in [0.4, 0.5) is 9.39 Å². The molecule has 2 heterocycles. The monoisotopic (exact) mass is 472 g/mol. The molecule has 3 aromatic rings. The number of nitrogens with one attached hydrogen (secondary N) is 1. The van der Waals surface area contributed by atoms with Gasteiger partial charge in [0.25, 0.3) is 11.8 Å². The average molecular weight is 473 g/mol. The number of hydrogen-bond acceptors (Lipinski definition) is 4. The van der Waals surface area contributed by atoms with Gasteiger partial charge in [-0.25, -0.2) is 9.18 Å². The lowest BCUT2D eigenvalue weighted by atomic mass is 10.0. The maximum absolute atomic E-state index is 13.9. The van der Waals surface area contributed by atoms with E-state index in [0.717, 1.165) is 11.3 Å². The number of aromatic carboxylic acids is 1. The minimum absolute atomic E-state index is 0.0273. The Kier molecular flexibility index (Phi) is 5.99. The Morgan fingerprint density at radius 3 is 2.56 bits per heavy atom. The number of benzene rings is 2. The minimum atomic E-state index is -1.15. The number of carboxylic acids is 1. The number of halogens is 2. The zero-order valence-corrected chi connectivity index (χ0v) is 18.5. The number of amides is 2. The van der Waals surface area contributed by atoms with E-state index in [0.29, 0.717) is 16.9 Å². The van der Waals surface area contributed by atoms with Crippen LogP contribution in [0.5, 0.6) is 0 Å². The van der Waals surface area contributed by atoms with E-state index in [1.165, 1.54) is 12.1 Å². The van der Waals surface area contributed by atoms with Crippen molar-refractivity contribution in [2.24, 2.45) is 0 Å². The topological polar surface area (TPSA) is 86.7 Å². The first-order valence-corrected chi connectivity index (χ1v) is 11.0. The third-order valence-corrected chi connectivity index (χ3v) is 6.86. The molecule has 0 saturated carbocycles. The number of nitrogens with zero attached hydrogens (tertiary/aromatic N) is 1. The van der Waals surface area contributed by atoms with Crippen molar-refractivity contribution in [3.8, 4) is 0 Å². The van der Waals surface area contributed by atoms with Crippen LogP contribution in [-0.4, -0.2) is 34.3 Å². The average Bonchev–Trinajstić information content (AvgIpc) is 3.12. The number of carbonyl (C=O) groups excluding carboxylic acids is 2. The predicted molar refractivity (Wildman–Crippen MR) is 120 cm³/mol. The lowest BCUT2D eigenvalue weighted by molar-refractivity contribution is 0.0696. The van der Waals surface area contributed by atoms with Crippen LogP contribution in [0.25, 0.3) is 0 Å². The molecule has 0 atom stereocenters. The van der Waals surface area contributed by atoms with Crippen LogP contribution in [0, 0.1) is 12.7 Å². The van der Waals surface area contributed by atoms with Gasteiger partial charge in [-0.1, -0.05) is 29.8 Å². The number of carbonyl (C=O) groups is 3. The molecule has 0 unspecified atom stereocenters. The van der Waals surface area contributed by atoms with Gasteiger partial charge in [-0.3, -0.25) is 9.59 Å². The summed E-state index contributed by atoms with van der Waals surface area (Å²) in [6, 6.07) is 10.8. The van der Waals surface area contributed by atoms with E-state index in [4.69, 9.17) is 11.6 Å². The van der Waals surface area contributed by atoms with E-state index in [2.05, 4.69) is 5.32 Å². The number of carboxylic acid groups (broad SMARTS) is 1. The van der Waals surface area contributed by atoms with Crippen LogP contribution in [0.1, 0.15) is 47.1 Å². The fourth-order valence-corrected chi connectivity index (χ4v) is 5.19. The summed E-state index contributed by atoms with van der Waals surface area (Å²) in [7, 11) is 0. The molecule has 0 fully saturated rings. The molecule has 164 valence electrons. The number of hydrogen-bond donors (Lipinski definition) is 2. The molecular formula is C23H18ClFN2O4S. The summed E-state index contributed by atoms with van der Waals surface area (Å²) >= 11 is 7.20. The van der Waals surface area contributed by atoms with Crippen LogP contribution in [0.15, 0.2) is 42.5 Å². The minimum Gasteiger partial charge on any atom is -0.478 e. The second-order valence-electron chi connectivity index (χ2n) is 7.34. The predicted octanol–water partition coefficient (Wildman–Crippen LogP) is 5.00. The first kappa shape index (κ1) is 22.0. The molecule has 0 bridgehead atoms. The zero-order chi connectivity index (χ0) is 23.0. The summed E-state index contributed by atoms with van der Waals surface area (Å²) in [5, 5.41) is 12.9. The second-order valence-corrected chi connectivity index (χ2v) is 8.85. The highest BCUT2D eigenvalue weighted by molar-refractivity contribution is 7.17. The van der Waals surface area contributed by atoms with Gasteiger partial charge in [0, 0.05) is 17.0 Å². The third-order valence-electron chi connectivity index (χ3n) is 5.40. The highest BCUT2D eigenvalue weighted by atomic mass is 35.5. The molecule has 0 saturated heterocycles. The second kappa shape index (κ2) is 8.72. The van der Waals surface area contributed by atoms with Gasteiger partial charge in [-0.15, -0.1) is 11.3 Å². The molecule has 0 radical (unpaired) electrons. The van der Waals surface area contributed by atoms with Crippen LogP contribution in [0.3, 0.4) is 0 Å². The molecule has 4 rings (SSSR count). The highest BCUT2D eigenvalue weighted by Crippen LogP contribution is 2.38. The molecule has 2 aromatic carbocycles. The maximum Gasteiger partial charge on any atom is 0.339 e. The molecule has 9 heteroatoms. The van der Waals surface area contributed by atoms with Gasteiger partial charge < -0.3 is 15.3 Å². The van der Waals surface area contributed by atoms with Crippen molar-refractivity contribution in [1.82, 2.24) is 4.90 Å². The van der Waals surface area contributed by atoms with E-state index in [-0.39, 0.29) is 51.3 Å². The fourth-order valence-electron chi connectivity index (χ4n) is 3.72. The van der Waals surface area contributed by atoms with E-state index in [1.807, 2.05) is 0 Å². The first-order valence-electron chi connectivity index (χ1n) is 9.76. The molecule has 1 aromatic heterocycles. The smallest absolute Gasteiger partial charge is 0.339 e. The highest BCUT2D eigenvalue weighted by Gasteiger charge is 2.31. The van der Waals surface area contributed by atoms with Crippen LogP contribution < -0.4 is 5.32 Å². The molecule has 2 N–H and O–H groups in total. The van der Waals surface area contributed by atoms with E-state index in [1.54, 1.807) is 42.2 Å². The molecular weight excluding hydrogens is 455 g/mol. The van der Waals surface area contributed by atoms with Gasteiger partial charge in [0.05, 0.1) is 22.7 Å². The van der Waals surface area contributed by atoms with Crippen molar-refractivity contribution in [3.05, 3.63) is 86.0 Å². The molecule has 0 aliphatic carbocycles. The summed E-state index contributed by atoms with van der Waals surface area (Å²) in [4.78, 5) is 39.8. The van der Waals surface area contributed by atoms with Crippen LogP contribution in [0.2, 0.25) is 5.02 Å². The number of fused-ring (bicyclic) bond motifs is 1. The van der Waals surface area contributed by atoms with Crippen molar-refractivity contribution in [1.29, 1.82) is 0 Å². The molecule has 32 heavy (non-hydrogen) atoms. The first-order chi connectivity index (χ1) is 15.3. The normalized spacial score (nSPS) is 12.9. The Morgan fingerprint density at radius 1 is 1.12 bits per heavy atom. The Labute approximate surface area is 192 Å². The van der Waals surface area contributed by atoms with Crippen LogP contribution >= 0.6 is 22.9 Å². The summed E-state index contributed by atoms with van der Waals surface area (Å²) < 4.78 is 13.9. The van der Waals surface area contributed by atoms with E-state index in [9.17, 15) is 23.9 Å². The van der Waals surface area contributed by atoms with Gasteiger partial charge in [-0.2, -0.15) is 0 Å². The van der Waals surface area contributed by atoms with E-state index >= 15 is 0 Å². The van der Waals surface area contributed by atoms with Crippen molar-refractivity contribution < 1.29 is 23.9 Å². The van der Waals surface area contributed by atoms with Gasteiger partial charge in [0.1, 0.15) is 10.8 Å². The van der Waals surface area contributed by atoms with Gasteiger partial charge in [0.15, 0.2) is 0 Å². The Bertz CT molecular complexity index is 1260. The van der Waals surface area contributed by atoms with Crippen molar-refractivity contribution >= 4 is 45.7 Å². The van der Waals surface area contributed by atoms with E-state index < -0.39 is 17.7 Å². The van der Waals surface area contributed by atoms with Crippen molar-refractivity contribution in [2.75, 3.05) is 11.9 Å². The lowest BCUT2D eigenvalue weighted by Crippen LogP contribution is -2.36. The fraction of sp³-hybridized carbons (Fsp3) is 0.174. The summed E-state index contributed by atoms with van der Waals surface area (Å²) in [6.45, 7) is 2.02. The molecule has 2 amide bonds. The Balaban J connectivity index is 1.63. The third kappa shape index (κ3) is 3.99. The van der Waals surface area contributed by atoms with Gasteiger partial charge >= 0.3 is 5.97 Å². The molecule has 1 aliphatic rings. The largest absolute Gasteiger partial charge is 0.478 e. The van der Waals surface area contributed by atoms with Gasteiger partial charge in [0.2, 0.25) is 0 Å². The standard InChI is InChI=1S/C23H18ClFN2O4S/c1-12-13(6-4-8-17(12)25)22(29)27-10-9-15-18(11-27)32-21(19(15)23(30)31)26-20(28)14-5-2-3-7-16(14)24/h2-8H,9-11H2,1H3,(H,26,28)(H,30,31).